The van der Waals surface area contributed by atoms with E-state index in [0.717, 1.165) is 79.8 Å². The third-order valence-electron chi connectivity index (χ3n) is 5.77. The molecular weight excluding hydrogens is 366 g/mol. The number of fused-ring (bicyclic) bond motifs is 2. The second kappa shape index (κ2) is 7.43. The van der Waals surface area contributed by atoms with E-state index in [1.807, 2.05) is 47.4 Å². The SMILES string of the molecule is COc1ccc2c(c1)Oc1ccccc1N=C2N1CCCN(C(=O)C2CC2)CC1. The van der Waals surface area contributed by atoms with Gasteiger partial charge in [0.15, 0.2) is 5.75 Å². The Morgan fingerprint density at radius 2 is 1.93 bits per heavy atom. The summed E-state index contributed by atoms with van der Waals surface area (Å²) >= 11 is 0. The van der Waals surface area contributed by atoms with Gasteiger partial charge in [-0.3, -0.25) is 4.79 Å². The van der Waals surface area contributed by atoms with Gasteiger partial charge in [0.1, 0.15) is 23.0 Å². The molecule has 2 aromatic carbocycles. The van der Waals surface area contributed by atoms with Crippen LogP contribution in [0, 0.1) is 5.92 Å². The summed E-state index contributed by atoms with van der Waals surface area (Å²) in [5.74, 6) is 3.71. The molecule has 1 saturated heterocycles. The van der Waals surface area contributed by atoms with Crippen molar-refractivity contribution in [1.29, 1.82) is 0 Å². The summed E-state index contributed by atoms with van der Waals surface area (Å²) in [6.07, 6.45) is 3.04. The molecule has 150 valence electrons. The van der Waals surface area contributed by atoms with Gasteiger partial charge in [-0.1, -0.05) is 12.1 Å². The largest absolute Gasteiger partial charge is 0.497 e. The molecule has 2 aromatic rings. The molecule has 2 heterocycles. The maximum Gasteiger partial charge on any atom is 0.225 e. The third kappa shape index (κ3) is 3.55. The summed E-state index contributed by atoms with van der Waals surface area (Å²) in [4.78, 5) is 21.8. The Morgan fingerprint density at radius 1 is 1.07 bits per heavy atom. The molecule has 3 aliphatic rings. The molecule has 0 spiro atoms. The second-order valence-electron chi connectivity index (χ2n) is 7.81. The number of carbonyl (C=O) groups is 1. The summed E-state index contributed by atoms with van der Waals surface area (Å²) in [6.45, 7) is 3.19. The lowest BCUT2D eigenvalue weighted by molar-refractivity contribution is -0.132. The number of rotatable bonds is 2. The first-order valence-electron chi connectivity index (χ1n) is 10.3. The molecule has 1 aliphatic carbocycles. The van der Waals surface area contributed by atoms with Crippen molar-refractivity contribution < 1.29 is 14.3 Å². The van der Waals surface area contributed by atoms with Crippen LogP contribution < -0.4 is 9.47 Å². The minimum atomic E-state index is 0.269. The molecule has 1 amide bonds. The van der Waals surface area contributed by atoms with Gasteiger partial charge >= 0.3 is 0 Å². The van der Waals surface area contributed by atoms with Crippen LogP contribution in [-0.4, -0.2) is 54.8 Å². The minimum Gasteiger partial charge on any atom is -0.497 e. The van der Waals surface area contributed by atoms with Gasteiger partial charge in [-0.15, -0.1) is 0 Å². The Bertz CT molecular complexity index is 968. The average molecular weight is 391 g/mol. The van der Waals surface area contributed by atoms with Crippen LogP contribution in [0.2, 0.25) is 0 Å². The van der Waals surface area contributed by atoms with Crippen LogP contribution in [-0.2, 0) is 4.79 Å². The van der Waals surface area contributed by atoms with E-state index >= 15 is 0 Å². The second-order valence-corrected chi connectivity index (χ2v) is 7.81. The van der Waals surface area contributed by atoms with Gasteiger partial charge in [0.25, 0.3) is 0 Å². The highest BCUT2D eigenvalue weighted by Gasteiger charge is 2.34. The molecule has 2 aliphatic heterocycles. The standard InChI is InChI=1S/C23H25N3O3/c1-28-17-9-10-18-21(15-17)29-20-6-3-2-5-19(20)24-22(18)25-11-4-12-26(14-13-25)23(27)16-7-8-16/h2-3,5-6,9-10,15-16H,4,7-8,11-14H2,1H3. The van der Waals surface area contributed by atoms with E-state index in [4.69, 9.17) is 14.5 Å². The predicted octanol–water partition coefficient (Wildman–Crippen LogP) is 3.82. The van der Waals surface area contributed by atoms with Crippen molar-refractivity contribution in [3.8, 4) is 17.2 Å². The Balaban J connectivity index is 1.49. The number of hydrogen-bond donors (Lipinski definition) is 0. The summed E-state index contributed by atoms with van der Waals surface area (Å²) < 4.78 is 11.6. The molecule has 0 aromatic heterocycles. The van der Waals surface area contributed by atoms with Crippen molar-refractivity contribution in [1.82, 2.24) is 9.80 Å². The highest BCUT2D eigenvalue weighted by atomic mass is 16.5. The van der Waals surface area contributed by atoms with Crippen LogP contribution in [0.3, 0.4) is 0 Å². The van der Waals surface area contributed by atoms with E-state index in [-0.39, 0.29) is 5.92 Å². The van der Waals surface area contributed by atoms with Gasteiger partial charge in [-0.05, 0) is 43.5 Å². The van der Waals surface area contributed by atoms with Crippen LogP contribution in [0.1, 0.15) is 24.8 Å². The molecule has 0 unspecified atom stereocenters. The lowest BCUT2D eigenvalue weighted by atomic mass is 10.1. The van der Waals surface area contributed by atoms with Gasteiger partial charge in [-0.2, -0.15) is 0 Å². The molecule has 6 heteroatoms. The highest BCUT2D eigenvalue weighted by molar-refractivity contribution is 6.04. The monoisotopic (exact) mass is 391 g/mol. The van der Waals surface area contributed by atoms with E-state index in [2.05, 4.69) is 4.90 Å². The van der Waals surface area contributed by atoms with Crippen molar-refractivity contribution in [2.24, 2.45) is 10.9 Å². The maximum atomic E-state index is 12.5. The number of amidine groups is 1. The molecule has 2 fully saturated rings. The number of nitrogens with zero attached hydrogens (tertiary/aromatic N) is 3. The lowest BCUT2D eigenvalue weighted by Crippen LogP contribution is -2.38. The quantitative estimate of drug-likeness (QED) is 0.781. The van der Waals surface area contributed by atoms with Crippen LogP contribution in [0.5, 0.6) is 17.2 Å². The van der Waals surface area contributed by atoms with Crippen LogP contribution >= 0.6 is 0 Å². The van der Waals surface area contributed by atoms with Crippen LogP contribution in [0.4, 0.5) is 5.69 Å². The molecule has 5 rings (SSSR count). The van der Waals surface area contributed by atoms with Gasteiger partial charge in [-0.25, -0.2) is 4.99 Å². The van der Waals surface area contributed by atoms with E-state index in [1.165, 1.54) is 0 Å². The van der Waals surface area contributed by atoms with Crippen LogP contribution in [0.15, 0.2) is 47.5 Å². The highest BCUT2D eigenvalue weighted by Crippen LogP contribution is 2.39. The zero-order valence-corrected chi connectivity index (χ0v) is 16.6. The van der Waals surface area contributed by atoms with Crippen molar-refractivity contribution >= 4 is 17.4 Å². The van der Waals surface area contributed by atoms with Crippen molar-refractivity contribution in [3.05, 3.63) is 48.0 Å². The van der Waals surface area contributed by atoms with Crippen molar-refractivity contribution in [3.63, 3.8) is 0 Å². The van der Waals surface area contributed by atoms with E-state index in [0.29, 0.717) is 5.91 Å². The molecular formula is C23H25N3O3. The van der Waals surface area contributed by atoms with Gasteiger partial charge < -0.3 is 19.3 Å². The summed E-state index contributed by atoms with van der Waals surface area (Å²) in [7, 11) is 1.65. The first-order valence-corrected chi connectivity index (χ1v) is 10.3. The molecule has 29 heavy (non-hydrogen) atoms. The van der Waals surface area contributed by atoms with E-state index in [9.17, 15) is 4.79 Å². The number of ether oxygens (including phenoxy) is 2. The Kier molecular flexibility index (Phi) is 4.62. The molecule has 1 saturated carbocycles. The molecule has 0 radical (unpaired) electrons. The van der Waals surface area contributed by atoms with Gasteiger partial charge in [0, 0.05) is 38.2 Å². The average Bonchev–Trinajstić information content (AvgIpc) is 3.60. The number of amides is 1. The van der Waals surface area contributed by atoms with Crippen LogP contribution in [0.25, 0.3) is 0 Å². The van der Waals surface area contributed by atoms with Crippen molar-refractivity contribution in [2.45, 2.75) is 19.3 Å². The van der Waals surface area contributed by atoms with Crippen molar-refractivity contribution in [2.75, 3.05) is 33.3 Å². The number of aliphatic imine (C=N–C) groups is 1. The normalized spacial score (nSPS) is 18.6. The zero-order chi connectivity index (χ0) is 19.8. The molecule has 0 N–H and O–H groups in total. The Hall–Kier alpha value is -3.02. The maximum absolute atomic E-state index is 12.5. The third-order valence-corrected chi connectivity index (χ3v) is 5.77. The van der Waals surface area contributed by atoms with Gasteiger partial charge in [0.2, 0.25) is 5.91 Å². The first kappa shape index (κ1) is 18.0. The summed E-state index contributed by atoms with van der Waals surface area (Å²) in [6, 6.07) is 13.7. The predicted molar refractivity (Wildman–Crippen MR) is 111 cm³/mol. The van der Waals surface area contributed by atoms with E-state index < -0.39 is 0 Å². The lowest BCUT2D eigenvalue weighted by Gasteiger charge is -2.25. The Labute approximate surface area is 170 Å². The number of para-hydroxylation sites is 2. The fourth-order valence-electron chi connectivity index (χ4n) is 4.01. The molecule has 0 bridgehead atoms. The zero-order valence-electron chi connectivity index (χ0n) is 16.6. The van der Waals surface area contributed by atoms with Gasteiger partial charge in [0.05, 0.1) is 12.7 Å². The minimum absolute atomic E-state index is 0.269. The number of carbonyl (C=O) groups excluding carboxylic acids is 1. The number of benzene rings is 2. The number of methoxy groups -OCH3 is 1. The Morgan fingerprint density at radius 3 is 2.76 bits per heavy atom. The first-order chi connectivity index (χ1) is 14.2. The fourth-order valence-corrected chi connectivity index (χ4v) is 4.01. The van der Waals surface area contributed by atoms with E-state index in [1.54, 1.807) is 7.11 Å². The fraction of sp³-hybridized carbons (Fsp3) is 0.391. The molecule has 0 atom stereocenters. The summed E-state index contributed by atoms with van der Waals surface area (Å²) in [5, 5.41) is 0. The number of hydrogen-bond acceptors (Lipinski definition) is 5. The topological polar surface area (TPSA) is 54.4 Å². The summed E-state index contributed by atoms with van der Waals surface area (Å²) in [5.41, 5.74) is 1.76. The smallest absolute Gasteiger partial charge is 0.225 e. The molecule has 6 nitrogen and oxygen atoms in total.